The molecule has 7 aromatic carbocycles. The number of allylic oxidation sites excluding steroid dienone is 2. The van der Waals surface area contributed by atoms with Gasteiger partial charge in [-0.3, -0.25) is 0 Å². The lowest BCUT2D eigenvalue weighted by Crippen LogP contribution is -2.60. The molecule has 1 atom stereocenters. The number of fused-ring (bicyclic) bond motifs is 12. The van der Waals surface area contributed by atoms with Crippen molar-refractivity contribution in [3.05, 3.63) is 186 Å². The van der Waals surface area contributed by atoms with Crippen LogP contribution in [-0.2, 0) is 5.41 Å². The van der Waals surface area contributed by atoms with E-state index in [0.717, 1.165) is 34.0 Å². The van der Waals surface area contributed by atoms with Gasteiger partial charge in [-0.2, -0.15) is 0 Å². The van der Waals surface area contributed by atoms with Gasteiger partial charge >= 0.3 is 0 Å². The Balaban J connectivity index is 1.15. The predicted octanol–water partition coefficient (Wildman–Crippen LogP) is 12.5. The molecule has 0 bridgehead atoms. The molecule has 0 fully saturated rings. The normalized spacial score (nSPS) is 16.5. The number of aryl methyl sites for hydroxylation is 2. The predicted molar refractivity (Wildman–Crippen MR) is 257 cm³/mol. The van der Waals surface area contributed by atoms with E-state index in [1.54, 1.807) is 0 Å². The molecular weight excluding hydrogens is 741 g/mol. The molecule has 2 aromatic heterocycles. The zero-order valence-corrected chi connectivity index (χ0v) is 35.1. The van der Waals surface area contributed by atoms with Crippen molar-refractivity contribution in [1.82, 2.24) is 4.57 Å². The van der Waals surface area contributed by atoms with Crippen molar-refractivity contribution in [2.24, 2.45) is 0 Å². The second-order valence-electron chi connectivity index (χ2n) is 18.2. The molecule has 1 unspecified atom stereocenters. The van der Waals surface area contributed by atoms with Crippen molar-refractivity contribution in [2.75, 3.05) is 9.80 Å². The van der Waals surface area contributed by atoms with Crippen LogP contribution in [0.25, 0.3) is 49.7 Å². The highest BCUT2D eigenvalue weighted by Crippen LogP contribution is 2.55. The molecule has 13 rings (SSSR count). The fourth-order valence-electron chi connectivity index (χ4n) is 11.8. The van der Waals surface area contributed by atoms with E-state index in [0.29, 0.717) is 0 Å². The van der Waals surface area contributed by atoms with Gasteiger partial charge < -0.3 is 18.8 Å². The van der Waals surface area contributed by atoms with Crippen LogP contribution >= 0.6 is 0 Å². The van der Waals surface area contributed by atoms with Gasteiger partial charge in [0.15, 0.2) is 5.58 Å². The van der Waals surface area contributed by atoms with Gasteiger partial charge in [-0.05, 0) is 108 Å². The van der Waals surface area contributed by atoms with E-state index in [4.69, 9.17) is 4.42 Å². The Labute approximate surface area is 356 Å². The van der Waals surface area contributed by atoms with Crippen LogP contribution in [0.4, 0.5) is 28.4 Å². The lowest BCUT2D eigenvalue weighted by atomic mass is 9.33. The molecule has 4 aliphatic rings. The number of anilines is 5. The van der Waals surface area contributed by atoms with E-state index in [1.165, 1.54) is 94.8 Å². The van der Waals surface area contributed by atoms with E-state index >= 15 is 0 Å². The van der Waals surface area contributed by atoms with Crippen molar-refractivity contribution in [3.63, 3.8) is 0 Å². The van der Waals surface area contributed by atoms with Gasteiger partial charge in [0.2, 0.25) is 0 Å². The Hall–Kier alpha value is -6.98. The number of hydrogen-bond donors (Lipinski definition) is 0. The van der Waals surface area contributed by atoms with Gasteiger partial charge in [0.05, 0.1) is 11.7 Å². The van der Waals surface area contributed by atoms with E-state index in [1.807, 2.05) is 0 Å². The van der Waals surface area contributed by atoms with Crippen LogP contribution in [-0.4, -0.2) is 17.3 Å². The Morgan fingerprint density at radius 2 is 1.46 bits per heavy atom. The topological polar surface area (TPSA) is 24.6 Å². The minimum atomic E-state index is -0.188. The van der Waals surface area contributed by atoms with Crippen LogP contribution in [0.15, 0.2) is 168 Å². The summed E-state index contributed by atoms with van der Waals surface area (Å²) >= 11 is 0. The maximum absolute atomic E-state index is 6.91. The molecule has 61 heavy (non-hydrogen) atoms. The van der Waals surface area contributed by atoms with Crippen molar-refractivity contribution in [1.29, 1.82) is 0 Å². The van der Waals surface area contributed by atoms with Gasteiger partial charge in [-0.25, -0.2) is 0 Å². The third-order valence-corrected chi connectivity index (χ3v) is 14.4. The zero-order valence-electron chi connectivity index (χ0n) is 35.1. The number of furan rings is 1. The van der Waals surface area contributed by atoms with Gasteiger partial charge in [-0.1, -0.05) is 135 Å². The van der Waals surface area contributed by atoms with Gasteiger partial charge in [0.25, 0.3) is 6.71 Å². The molecular formula is C56H44BN3O. The second kappa shape index (κ2) is 12.3. The first-order valence-corrected chi connectivity index (χ1v) is 21.7. The minimum Gasteiger partial charge on any atom is -0.454 e. The summed E-state index contributed by atoms with van der Waals surface area (Å²) in [7, 11) is 0. The molecule has 2 aliphatic carbocycles. The van der Waals surface area contributed by atoms with Crippen LogP contribution in [0, 0.1) is 13.8 Å². The molecule has 9 aromatic rings. The Morgan fingerprint density at radius 3 is 2.34 bits per heavy atom. The molecule has 0 spiro atoms. The summed E-state index contributed by atoms with van der Waals surface area (Å²) in [5, 5.41) is 3.60. The van der Waals surface area contributed by atoms with Crippen LogP contribution in [0.5, 0.6) is 0 Å². The first-order chi connectivity index (χ1) is 29.8. The molecule has 5 heteroatoms. The zero-order chi connectivity index (χ0) is 40.9. The first-order valence-electron chi connectivity index (χ1n) is 21.7. The number of aromatic nitrogens is 1. The van der Waals surface area contributed by atoms with Crippen LogP contribution < -0.4 is 26.2 Å². The average Bonchev–Trinajstić information content (AvgIpc) is 3.91. The monoisotopic (exact) mass is 785 g/mol. The molecule has 4 heterocycles. The standard InChI is InChI=1S/C56H44BN3O/c1-33-30-48-52-49(31-33)60-53-40(51-39-19-8-10-22-41(39)56(4,5)55(51)60)21-14-23-43(53)57(52)42-29-28-36(58(44-24-11-6-16-34(44)2)45-25-12-7-17-35(45)3)32-47(42)59(48)46-26-15-20-38-37-18-9-13-27-50(37)61-54(38)46/h6-24,26-32,45H,25H2,1-5H3. The maximum atomic E-state index is 6.91. The summed E-state index contributed by atoms with van der Waals surface area (Å²) in [6.07, 6.45) is 7.73. The van der Waals surface area contributed by atoms with Crippen molar-refractivity contribution in [2.45, 2.75) is 52.5 Å². The number of hydrogen-bond acceptors (Lipinski definition) is 3. The van der Waals surface area contributed by atoms with E-state index < -0.39 is 0 Å². The van der Waals surface area contributed by atoms with Crippen molar-refractivity contribution < 1.29 is 4.42 Å². The molecule has 0 N–H and O–H groups in total. The number of rotatable bonds is 4. The first kappa shape index (κ1) is 34.8. The Bertz CT molecular complexity index is 3450. The lowest BCUT2D eigenvalue weighted by molar-refractivity contribution is 0.624. The van der Waals surface area contributed by atoms with Crippen molar-refractivity contribution >= 4 is 84.4 Å². The lowest BCUT2D eigenvalue weighted by Gasteiger charge is -2.42. The van der Waals surface area contributed by atoms with Gasteiger partial charge in [-0.15, -0.1) is 0 Å². The third kappa shape index (κ3) is 4.56. The number of para-hydroxylation sites is 4. The minimum absolute atomic E-state index is 0.0246. The summed E-state index contributed by atoms with van der Waals surface area (Å²) in [6.45, 7) is 11.6. The summed E-state index contributed by atoms with van der Waals surface area (Å²) in [5.74, 6) is 0. The molecule has 4 nitrogen and oxygen atoms in total. The SMILES string of the molecule is CC1=CC=CCC1N(c1ccc2c(c1)N(c1cccc3c1oc1ccccc13)c1cc(C)cc3c1B2c1cccc2c4c(n-3c12)C(C)(C)c1ccccc1-4)c1ccccc1C. The summed E-state index contributed by atoms with van der Waals surface area (Å²) in [6, 6.07) is 52.5. The highest BCUT2D eigenvalue weighted by atomic mass is 16.3. The largest absolute Gasteiger partial charge is 0.454 e. The Morgan fingerprint density at radius 1 is 0.689 bits per heavy atom. The molecule has 2 aliphatic heterocycles. The Kier molecular flexibility index (Phi) is 7.03. The second-order valence-corrected chi connectivity index (χ2v) is 18.2. The highest BCUT2D eigenvalue weighted by Gasteiger charge is 2.47. The molecule has 0 saturated heterocycles. The maximum Gasteiger partial charge on any atom is 0.252 e. The molecule has 0 radical (unpaired) electrons. The van der Waals surface area contributed by atoms with Crippen LogP contribution in [0.1, 0.15) is 49.6 Å². The van der Waals surface area contributed by atoms with E-state index in [9.17, 15) is 0 Å². The summed E-state index contributed by atoms with van der Waals surface area (Å²) in [4.78, 5) is 5.12. The van der Waals surface area contributed by atoms with Crippen molar-refractivity contribution in [3.8, 4) is 16.8 Å². The van der Waals surface area contributed by atoms with Gasteiger partial charge in [0.1, 0.15) is 5.58 Å². The van der Waals surface area contributed by atoms with Crippen LogP contribution in [0.3, 0.4) is 0 Å². The van der Waals surface area contributed by atoms with Crippen LogP contribution in [0.2, 0.25) is 0 Å². The van der Waals surface area contributed by atoms with Gasteiger partial charge in [0, 0.05) is 66.8 Å². The quantitative estimate of drug-likeness (QED) is 0.166. The highest BCUT2D eigenvalue weighted by molar-refractivity contribution is 7.00. The molecule has 0 saturated carbocycles. The van der Waals surface area contributed by atoms with E-state index in [2.05, 4.69) is 207 Å². The fourth-order valence-corrected chi connectivity index (χ4v) is 11.8. The number of benzene rings is 7. The smallest absolute Gasteiger partial charge is 0.252 e. The molecule has 292 valence electrons. The fraction of sp³-hybridized carbons (Fsp3) is 0.143. The average molecular weight is 786 g/mol. The third-order valence-electron chi connectivity index (χ3n) is 14.4. The summed E-state index contributed by atoms with van der Waals surface area (Å²) in [5.41, 5.74) is 23.4. The number of nitrogens with zero attached hydrogens (tertiary/aromatic N) is 3. The summed E-state index contributed by atoms with van der Waals surface area (Å²) < 4.78 is 9.57. The molecule has 0 amide bonds. The van der Waals surface area contributed by atoms with E-state index in [-0.39, 0.29) is 18.2 Å².